The van der Waals surface area contributed by atoms with E-state index >= 15 is 0 Å². The van der Waals surface area contributed by atoms with Crippen molar-refractivity contribution in [3.8, 4) is 0 Å². The van der Waals surface area contributed by atoms with Crippen LogP contribution >= 0.6 is 0 Å². The molecule has 3 rings (SSSR count). The quantitative estimate of drug-likeness (QED) is 0.477. The Labute approximate surface area is 128 Å². The summed E-state index contributed by atoms with van der Waals surface area (Å²) in [5.74, 6) is -1.40. The number of nitrogens with zero attached hydrogens (tertiary/aromatic N) is 1. The Morgan fingerprint density at radius 2 is 1.95 bits per heavy atom. The summed E-state index contributed by atoms with van der Waals surface area (Å²) in [7, 11) is 1.30. The van der Waals surface area contributed by atoms with Gasteiger partial charge < -0.3 is 4.74 Å². The van der Waals surface area contributed by atoms with Gasteiger partial charge in [0.2, 0.25) is 11.8 Å². The van der Waals surface area contributed by atoms with Gasteiger partial charge >= 0.3 is 5.97 Å². The summed E-state index contributed by atoms with van der Waals surface area (Å²) in [4.78, 5) is 38.0. The molecule has 2 unspecified atom stereocenters. The highest BCUT2D eigenvalue weighted by Crippen LogP contribution is 2.39. The van der Waals surface area contributed by atoms with Gasteiger partial charge in [-0.05, 0) is 38.0 Å². The van der Waals surface area contributed by atoms with Crippen molar-refractivity contribution in [2.75, 3.05) is 12.0 Å². The topological polar surface area (TPSA) is 63.7 Å². The van der Waals surface area contributed by atoms with Gasteiger partial charge in [-0.15, -0.1) is 0 Å². The zero-order valence-electron chi connectivity index (χ0n) is 12.5. The zero-order chi connectivity index (χ0) is 15.9. The second kappa shape index (κ2) is 5.40. The zero-order valence-corrected chi connectivity index (χ0v) is 12.5. The summed E-state index contributed by atoms with van der Waals surface area (Å²) < 4.78 is 4.68. The minimum atomic E-state index is -0.490. The molecule has 1 aromatic carbocycles. The number of carbonyl (C=O) groups excluding carboxylic acids is 3. The van der Waals surface area contributed by atoms with Crippen LogP contribution in [0.1, 0.15) is 30.1 Å². The van der Waals surface area contributed by atoms with Crippen molar-refractivity contribution < 1.29 is 19.1 Å². The van der Waals surface area contributed by atoms with Crippen LogP contribution in [0.25, 0.3) is 0 Å². The molecular formula is C17H17NO4. The third-order valence-corrected chi connectivity index (χ3v) is 4.35. The summed E-state index contributed by atoms with van der Waals surface area (Å²) >= 11 is 0. The van der Waals surface area contributed by atoms with Crippen molar-refractivity contribution in [3.63, 3.8) is 0 Å². The number of esters is 1. The lowest BCUT2D eigenvalue weighted by atomic mass is 9.82. The van der Waals surface area contributed by atoms with Crippen LogP contribution in [-0.4, -0.2) is 24.9 Å². The minimum absolute atomic E-state index is 0.176. The lowest BCUT2D eigenvalue weighted by Crippen LogP contribution is -2.31. The van der Waals surface area contributed by atoms with Crippen LogP contribution < -0.4 is 4.90 Å². The third kappa shape index (κ3) is 2.22. The Balaban J connectivity index is 1.95. The molecule has 1 heterocycles. The molecule has 0 aromatic heterocycles. The van der Waals surface area contributed by atoms with Crippen molar-refractivity contribution in [2.45, 2.75) is 19.8 Å². The highest BCUT2D eigenvalue weighted by Gasteiger charge is 2.48. The molecule has 1 fully saturated rings. The highest BCUT2D eigenvalue weighted by atomic mass is 16.5. The van der Waals surface area contributed by atoms with E-state index in [4.69, 9.17) is 0 Å². The van der Waals surface area contributed by atoms with Gasteiger partial charge in [-0.25, -0.2) is 4.79 Å². The Morgan fingerprint density at radius 3 is 2.68 bits per heavy atom. The van der Waals surface area contributed by atoms with Gasteiger partial charge in [-0.1, -0.05) is 17.7 Å². The number of anilines is 1. The Morgan fingerprint density at radius 1 is 1.23 bits per heavy atom. The van der Waals surface area contributed by atoms with E-state index in [-0.39, 0.29) is 23.7 Å². The average molecular weight is 299 g/mol. The number of allylic oxidation sites excluding steroid dienone is 2. The number of methoxy groups -OCH3 is 1. The summed E-state index contributed by atoms with van der Waals surface area (Å²) in [6, 6.07) is 6.44. The molecule has 2 aliphatic rings. The molecule has 5 heteroatoms. The molecule has 2 atom stereocenters. The highest BCUT2D eigenvalue weighted by molar-refractivity contribution is 6.22. The van der Waals surface area contributed by atoms with Crippen molar-refractivity contribution in [3.05, 3.63) is 41.5 Å². The lowest BCUT2D eigenvalue weighted by Gasteiger charge is -2.18. The number of imide groups is 1. The van der Waals surface area contributed by atoms with E-state index in [0.717, 1.165) is 5.57 Å². The molecule has 2 amide bonds. The van der Waals surface area contributed by atoms with E-state index < -0.39 is 5.97 Å². The maximum absolute atomic E-state index is 12.6. The summed E-state index contributed by atoms with van der Waals surface area (Å²) in [6.45, 7) is 1.98. The molecule has 0 N–H and O–H groups in total. The molecule has 1 saturated heterocycles. The first-order valence-electron chi connectivity index (χ1n) is 7.24. The van der Waals surface area contributed by atoms with Gasteiger partial charge in [-0.2, -0.15) is 0 Å². The molecule has 5 nitrogen and oxygen atoms in total. The van der Waals surface area contributed by atoms with Crippen molar-refractivity contribution >= 4 is 23.5 Å². The van der Waals surface area contributed by atoms with Gasteiger partial charge in [0.15, 0.2) is 0 Å². The number of amides is 2. The fourth-order valence-corrected chi connectivity index (χ4v) is 3.18. The van der Waals surface area contributed by atoms with Crippen molar-refractivity contribution in [1.29, 1.82) is 0 Å². The van der Waals surface area contributed by atoms with Crippen molar-refractivity contribution in [1.82, 2.24) is 0 Å². The van der Waals surface area contributed by atoms with Crippen LogP contribution in [0, 0.1) is 11.8 Å². The second-order valence-corrected chi connectivity index (χ2v) is 5.76. The van der Waals surface area contributed by atoms with Gasteiger partial charge in [0.25, 0.3) is 0 Å². The predicted molar refractivity (Wildman–Crippen MR) is 80.2 cm³/mol. The molecule has 0 bridgehead atoms. The molecule has 0 saturated carbocycles. The molecule has 0 radical (unpaired) electrons. The Bertz CT molecular complexity index is 692. The molecule has 114 valence electrons. The van der Waals surface area contributed by atoms with Crippen LogP contribution in [0.2, 0.25) is 0 Å². The van der Waals surface area contributed by atoms with Crippen LogP contribution in [0.15, 0.2) is 35.9 Å². The average Bonchev–Trinajstić information content (AvgIpc) is 2.77. The predicted octanol–water partition coefficient (Wildman–Crippen LogP) is 2.32. The largest absolute Gasteiger partial charge is 0.465 e. The summed E-state index contributed by atoms with van der Waals surface area (Å²) in [5, 5.41) is 0. The second-order valence-electron chi connectivity index (χ2n) is 5.76. The molecule has 1 aliphatic heterocycles. The number of hydrogen-bond acceptors (Lipinski definition) is 4. The fourth-order valence-electron chi connectivity index (χ4n) is 3.18. The van der Waals surface area contributed by atoms with Crippen LogP contribution in [0.5, 0.6) is 0 Å². The lowest BCUT2D eigenvalue weighted by molar-refractivity contribution is -0.122. The molecular weight excluding hydrogens is 282 g/mol. The molecule has 0 spiro atoms. The van der Waals surface area contributed by atoms with Gasteiger partial charge in [0.05, 0.1) is 30.2 Å². The number of hydrogen-bond donors (Lipinski definition) is 0. The molecule has 22 heavy (non-hydrogen) atoms. The van der Waals surface area contributed by atoms with E-state index in [2.05, 4.69) is 4.74 Å². The Kier molecular flexibility index (Phi) is 3.56. The minimum Gasteiger partial charge on any atom is -0.465 e. The Hall–Kier alpha value is -2.43. The number of benzene rings is 1. The number of ether oxygens (including phenoxy) is 1. The van der Waals surface area contributed by atoms with E-state index in [9.17, 15) is 14.4 Å². The number of carbonyl (C=O) groups is 3. The van der Waals surface area contributed by atoms with E-state index in [1.165, 1.54) is 18.1 Å². The fraction of sp³-hybridized carbons (Fsp3) is 0.353. The van der Waals surface area contributed by atoms with Crippen molar-refractivity contribution in [2.24, 2.45) is 11.8 Å². The number of fused-ring (bicyclic) bond motifs is 1. The summed E-state index contributed by atoms with van der Waals surface area (Å²) in [6.07, 6.45) is 3.26. The maximum atomic E-state index is 12.6. The van der Waals surface area contributed by atoms with E-state index in [0.29, 0.717) is 24.1 Å². The normalized spacial score (nSPS) is 24.1. The van der Waals surface area contributed by atoms with Gasteiger partial charge in [0, 0.05) is 0 Å². The molecule has 1 aliphatic carbocycles. The van der Waals surface area contributed by atoms with Crippen LogP contribution in [-0.2, 0) is 14.3 Å². The maximum Gasteiger partial charge on any atom is 0.337 e. The monoisotopic (exact) mass is 299 g/mol. The third-order valence-electron chi connectivity index (χ3n) is 4.35. The van der Waals surface area contributed by atoms with E-state index in [1.54, 1.807) is 18.2 Å². The first kappa shape index (κ1) is 14.5. The first-order chi connectivity index (χ1) is 10.5. The molecule has 1 aromatic rings. The standard InChI is InChI=1S/C17H17NO4/c1-10-6-7-13-14(8-10)16(20)18(15(13)19)12-5-3-4-11(9-12)17(21)22-2/h3-6,9,13-14H,7-8H2,1-2H3. The van der Waals surface area contributed by atoms with Gasteiger partial charge in [0.1, 0.15) is 0 Å². The van der Waals surface area contributed by atoms with Crippen LogP contribution in [0.3, 0.4) is 0 Å². The first-order valence-corrected chi connectivity index (χ1v) is 7.24. The van der Waals surface area contributed by atoms with Gasteiger partial charge in [-0.3, -0.25) is 14.5 Å². The summed E-state index contributed by atoms with van der Waals surface area (Å²) in [5.41, 5.74) is 1.90. The van der Waals surface area contributed by atoms with E-state index in [1.807, 2.05) is 13.0 Å². The SMILES string of the molecule is COC(=O)c1cccc(N2C(=O)C3CC=C(C)CC3C2=O)c1. The number of rotatable bonds is 2. The smallest absolute Gasteiger partial charge is 0.337 e. The van der Waals surface area contributed by atoms with Crippen LogP contribution in [0.4, 0.5) is 5.69 Å².